The summed E-state index contributed by atoms with van der Waals surface area (Å²) in [6.07, 6.45) is 5.84. The first-order valence-corrected chi connectivity index (χ1v) is 15.5. The summed E-state index contributed by atoms with van der Waals surface area (Å²) < 4.78 is 1.80. The summed E-state index contributed by atoms with van der Waals surface area (Å²) in [6.45, 7) is 12.9. The number of hydrogen-bond acceptors (Lipinski definition) is 3. The molecule has 0 fully saturated rings. The minimum absolute atomic E-state index is 0.0879. The van der Waals surface area contributed by atoms with Gasteiger partial charge in [-0.15, -0.1) is 0 Å². The Morgan fingerprint density at radius 3 is 2.23 bits per heavy atom. The molecule has 0 spiro atoms. The lowest BCUT2D eigenvalue weighted by Crippen LogP contribution is -2.37. The van der Waals surface area contributed by atoms with Gasteiger partial charge < -0.3 is 10.2 Å². The zero-order chi connectivity index (χ0) is 31.0. The summed E-state index contributed by atoms with van der Waals surface area (Å²) >= 11 is 0. The van der Waals surface area contributed by atoms with Crippen LogP contribution in [-0.4, -0.2) is 33.0 Å². The normalized spacial score (nSPS) is 11.4. The van der Waals surface area contributed by atoms with Crippen molar-refractivity contribution >= 4 is 17.6 Å². The van der Waals surface area contributed by atoms with Gasteiger partial charge in [0, 0.05) is 23.6 Å². The van der Waals surface area contributed by atoms with E-state index in [0.29, 0.717) is 17.9 Å². The zero-order valence-corrected chi connectivity index (χ0v) is 26.6. The molecule has 1 heterocycles. The number of carbonyl (C=O) groups excluding carboxylic acids is 2. The Morgan fingerprint density at radius 2 is 1.58 bits per heavy atom. The van der Waals surface area contributed by atoms with Gasteiger partial charge in [-0.25, -0.2) is 4.68 Å². The van der Waals surface area contributed by atoms with E-state index in [2.05, 4.69) is 46.0 Å². The fourth-order valence-electron chi connectivity index (χ4n) is 5.17. The summed E-state index contributed by atoms with van der Waals surface area (Å²) in [5.74, 6) is 0.138. The van der Waals surface area contributed by atoms with Crippen molar-refractivity contribution in [2.45, 2.75) is 85.6 Å². The van der Waals surface area contributed by atoms with Crippen LogP contribution in [0.4, 0.5) is 5.82 Å². The molecule has 0 atom stereocenters. The SMILES string of the molecule is CCCCCCc1ccc(C(=O)N(CC(=O)Nc2cc(C(C)(C)C)nn2-c2ccc(C)cc2C)Cc2ccccc2)cc1. The number of hydrogen-bond donors (Lipinski definition) is 1. The fraction of sp³-hybridized carbons (Fsp3) is 0.378. The molecule has 1 N–H and O–H groups in total. The Labute approximate surface area is 257 Å². The molecule has 2 amide bonds. The lowest BCUT2D eigenvalue weighted by Gasteiger charge is -2.23. The number of nitrogens with one attached hydrogen (secondary N) is 1. The molecule has 0 radical (unpaired) electrons. The summed E-state index contributed by atoms with van der Waals surface area (Å²) in [4.78, 5) is 29.0. The van der Waals surface area contributed by atoms with Crippen LogP contribution in [0.25, 0.3) is 5.69 Å². The monoisotopic (exact) mass is 578 g/mol. The van der Waals surface area contributed by atoms with E-state index in [9.17, 15) is 9.59 Å². The minimum atomic E-state index is -0.275. The third-order valence-electron chi connectivity index (χ3n) is 7.68. The van der Waals surface area contributed by atoms with E-state index in [0.717, 1.165) is 40.9 Å². The smallest absolute Gasteiger partial charge is 0.254 e. The summed E-state index contributed by atoms with van der Waals surface area (Å²) in [6, 6.07) is 25.7. The molecule has 0 saturated heterocycles. The topological polar surface area (TPSA) is 67.2 Å². The number of carbonyl (C=O) groups is 2. The first kappa shape index (κ1) is 31.7. The number of nitrogens with zero attached hydrogens (tertiary/aromatic N) is 3. The molecule has 226 valence electrons. The van der Waals surface area contributed by atoms with E-state index in [1.54, 1.807) is 9.58 Å². The molecule has 43 heavy (non-hydrogen) atoms. The van der Waals surface area contributed by atoms with Gasteiger partial charge in [-0.1, -0.05) is 107 Å². The van der Waals surface area contributed by atoms with Crippen LogP contribution in [0.15, 0.2) is 78.9 Å². The molecule has 3 aromatic carbocycles. The highest BCUT2D eigenvalue weighted by Crippen LogP contribution is 2.28. The minimum Gasteiger partial charge on any atom is -0.325 e. The number of unbranched alkanes of at least 4 members (excludes halogenated alkanes) is 3. The maximum atomic E-state index is 13.8. The standard InChI is InChI=1S/C37H46N4O2/c1-7-8-9-11-14-29-18-20-31(21-19-29)36(43)40(25-30-15-12-10-13-16-30)26-35(42)38-34-24-33(37(4,5)6)39-41(34)32-22-17-27(2)23-28(32)3/h10,12-13,15-24H,7-9,11,14,25-26H2,1-6H3,(H,38,42). The molecular weight excluding hydrogens is 532 g/mol. The van der Waals surface area contributed by atoms with Crippen LogP contribution in [0.2, 0.25) is 0 Å². The van der Waals surface area contributed by atoms with Crippen molar-refractivity contribution in [1.82, 2.24) is 14.7 Å². The van der Waals surface area contributed by atoms with Crippen molar-refractivity contribution in [3.63, 3.8) is 0 Å². The van der Waals surface area contributed by atoms with Crippen molar-refractivity contribution in [1.29, 1.82) is 0 Å². The Bertz CT molecular complexity index is 1510. The van der Waals surface area contributed by atoms with E-state index < -0.39 is 0 Å². The van der Waals surface area contributed by atoms with Crippen molar-refractivity contribution in [2.75, 3.05) is 11.9 Å². The second-order valence-electron chi connectivity index (χ2n) is 12.6. The predicted octanol–water partition coefficient (Wildman–Crippen LogP) is 8.19. The highest BCUT2D eigenvalue weighted by Gasteiger charge is 2.24. The quantitative estimate of drug-likeness (QED) is 0.172. The third-order valence-corrected chi connectivity index (χ3v) is 7.68. The molecule has 6 heteroatoms. The molecule has 0 bridgehead atoms. The average Bonchev–Trinajstić information content (AvgIpc) is 3.39. The maximum absolute atomic E-state index is 13.8. The molecule has 0 saturated carbocycles. The number of anilines is 1. The molecule has 4 rings (SSSR count). The van der Waals surface area contributed by atoms with Gasteiger partial charge in [-0.3, -0.25) is 9.59 Å². The first-order chi connectivity index (χ1) is 20.5. The molecular formula is C37H46N4O2. The van der Waals surface area contributed by atoms with Gasteiger partial charge in [-0.2, -0.15) is 5.10 Å². The van der Waals surface area contributed by atoms with Crippen LogP contribution in [0.1, 0.15) is 91.7 Å². The molecule has 0 aliphatic heterocycles. The molecule has 6 nitrogen and oxygen atoms in total. The Kier molecular flexibility index (Phi) is 10.6. The highest BCUT2D eigenvalue weighted by atomic mass is 16.2. The fourth-order valence-corrected chi connectivity index (χ4v) is 5.17. The second kappa shape index (κ2) is 14.3. The van der Waals surface area contributed by atoms with Crippen LogP contribution in [0.3, 0.4) is 0 Å². The zero-order valence-electron chi connectivity index (χ0n) is 26.6. The number of benzene rings is 3. The predicted molar refractivity (Wildman–Crippen MR) is 176 cm³/mol. The largest absolute Gasteiger partial charge is 0.325 e. The Morgan fingerprint density at radius 1 is 0.860 bits per heavy atom. The second-order valence-corrected chi connectivity index (χ2v) is 12.6. The van der Waals surface area contributed by atoms with Gasteiger partial charge in [0.1, 0.15) is 12.4 Å². The van der Waals surface area contributed by atoms with Crippen LogP contribution >= 0.6 is 0 Å². The van der Waals surface area contributed by atoms with Gasteiger partial charge in [0.2, 0.25) is 5.91 Å². The van der Waals surface area contributed by atoms with Crippen molar-refractivity contribution < 1.29 is 9.59 Å². The average molecular weight is 579 g/mol. The maximum Gasteiger partial charge on any atom is 0.254 e. The molecule has 0 aliphatic rings. The van der Waals surface area contributed by atoms with E-state index in [4.69, 9.17) is 5.10 Å². The lowest BCUT2D eigenvalue weighted by molar-refractivity contribution is -0.117. The number of aryl methyl sites for hydroxylation is 3. The van der Waals surface area contributed by atoms with E-state index >= 15 is 0 Å². The number of amides is 2. The van der Waals surface area contributed by atoms with Crippen LogP contribution < -0.4 is 5.32 Å². The molecule has 4 aromatic rings. The van der Waals surface area contributed by atoms with Gasteiger partial charge >= 0.3 is 0 Å². The van der Waals surface area contributed by atoms with Crippen LogP contribution in [-0.2, 0) is 23.2 Å². The van der Waals surface area contributed by atoms with E-state index in [1.165, 1.54) is 24.8 Å². The highest BCUT2D eigenvalue weighted by molar-refractivity contribution is 5.99. The van der Waals surface area contributed by atoms with Gasteiger partial charge in [0.25, 0.3) is 5.91 Å². The molecule has 0 aliphatic carbocycles. The summed E-state index contributed by atoms with van der Waals surface area (Å²) in [5, 5.41) is 7.96. The Balaban J connectivity index is 1.57. The van der Waals surface area contributed by atoms with E-state index in [-0.39, 0.29) is 23.8 Å². The van der Waals surface area contributed by atoms with Crippen LogP contribution in [0, 0.1) is 13.8 Å². The Hall–Kier alpha value is -4.19. The summed E-state index contributed by atoms with van der Waals surface area (Å²) in [7, 11) is 0. The van der Waals surface area contributed by atoms with Crippen molar-refractivity contribution in [2.24, 2.45) is 0 Å². The van der Waals surface area contributed by atoms with Gasteiger partial charge in [0.15, 0.2) is 0 Å². The summed E-state index contributed by atoms with van der Waals surface area (Å²) in [5.41, 5.74) is 6.57. The van der Waals surface area contributed by atoms with Crippen molar-refractivity contribution in [3.8, 4) is 5.69 Å². The third kappa shape index (κ3) is 8.66. The number of aromatic nitrogens is 2. The molecule has 0 unspecified atom stereocenters. The van der Waals surface area contributed by atoms with Gasteiger partial charge in [0.05, 0.1) is 11.4 Å². The lowest BCUT2D eigenvalue weighted by atomic mass is 9.92. The first-order valence-electron chi connectivity index (χ1n) is 15.5. The van der Waals surface area contributed by atoms with E-state index in [1.807, 2.05) is 79.7 Å². The van der Waals surface area contributed by atoms with Crippen LogP contribution in [0.5, 0.6) is 0 Å². The number of rotatable bonds is 12. The van der Waals surface area contributed by atoms with Crippen molar-refractivity contribution in [3.05, 3.63) is 112 Å². The molecule has 1 aromatic heterocycles. The van der Waals surface area contributed by atoms with Gasteiger partial charge in [-0.05, 0) is 61.6 Å².